The van der Waals surface area contributed by atoms with Crippen LogP contribution in [0, 0.1) is 17.3 Å². The number of likely N-dealkylation sites (N-methyl/N-ethyl adjacent to an activating group) is 1. The number of rotatable bonds is 7. The molecule has 1 atom stereocenters. The van der Waals surface area contributed by atoms with E-state index in [2.05, 4.69) is 39.3 Å². The summed E-state index contributed by atoms with van der Waals surface area (Å²) in [5, 5.41) is 0. The standard InChI is InChI=1S/C20H37NO/c1-6-13-21(5)14-10-17-15-20(22-16-17)11-8-18(9-12-20)19(3,4)7-2/h6,17-18H,1,7-16H2,2-5H3. The van der Waals surface area contributed by atoms with Crippen molar-refractivity contribution in [2.75, 3.05) is 26.7 Å². The fourth-order valence-electron chi connectivity index (χ4n) is 4.40. The molecule has 0 N–H and O–H groups in total. The highest BCUT2D eigenvalue weighted by molar-refractivity contribution is 4.95. The first-order valence-corrected chi connectivity index (χ1v) is 9.34. The second-order valence-corrected chi connectivity index (χ2v) is 8.52. The van der Waals surface area contributed by atoms with Gasteiger partial charge in [-0.1, -0.05) is 33.3 Å². The fraction of sp³-hybridized carbons (Fsp3) is 0.900. The first-order chi connectivity index (χ1) is 10.4. The van der Waals surface area contributed by atoms with E-state index in [4.69, 9.17) is 4.74 Å². The van der Waals surface area contributed by atoms with Gasteiger partial charge < -0.3 is 9.64 Å². The third-order valence-electron chi connectivity index (χ3n) is 6.56. The Balaban J connectivity index is 1.77. The van der Waals surface area contributed by atoms with Crippen LogP contribution in [-0.4, -0.2) is 37.2 Å². The van der Waals surface area contributed by atoms with Crippen LogP contribution in [0.1, 0.15) is 65.7 Å². The summed E-state index contributed by atoms with van der Waals surface area (Å²) in [6.45, 7) is 14.2. The summed E-state index contributed by atoms with van der Waals surface area (Å²) in [7, 11) is 2.19. The third-order valence-corrected chi connectivity index (χ3v) is 6.56. The zero-order chi connectivity index (χ0) is 16.2. The van der Waals surface area contributed by atoms with Crippen LogP contribution in [0.15, 0.2) is 12.7 Å². The van der Waals surface area contributed by atoms with E-state index in [-0.39, 0.29) is 5.60 Å². The van der Waals surface area contributed by atoms with Gasteiger partial charge in [0.1, 0.15) is 0 Å². The van der Waals surface area contributed by atoms with Gasteiger partial charge >= 0.3 is 0 Å². The molecule has 2 aliphatic rings. The Labute approximate surface area is 138 Å². The Kier molecular flexibility index (Phi) is 6.13. The molecule has 2 rings (SSSR count). The molecule has 2 fully saturated rings. The maximum atomic E-state index is 6.34. The zero-order valence-electron chi connectivity index (χ0n) is 15.4. The maximum absolute atomic E-state index is 6.34. The van der Waals surface area contributed by atoms with Crippen LogP contribution < -0.4 is 0 Å². The highest BCUT2D eigenvalue weighted by Gasteiger charge is 2.44. The predicted octanol–water partition coefficient (Wildman–Crippen LogP) is 4.90. The van der Waals surface area contributed by atoms with Crippen LogP contribution in [0.5, 0.6) is 0 Å². The van der Waals surface area contributed by atoms with E-state index in [1.807, 2.05) is 6.08 Å². The molecular weight excluding hydrogens is 270 g/mol. The van der Waals surface area contributed by atoms with E-state index >= 15 is 0 Å². The minimum atomic E-state index is 0.238. The molecular formula is C20H37NO. The molecule has 1 aliphatic carbocycles. The first-order valence-electron chi connectivity index (χ1n) is 9.34. The molecule has 2 heteroatoms. The van der Waals surface area contributed by atoms with Gasteiger partial charge in [-0.25, -0.2) is 0 Å². The van der Waals surface area contributed by atoms with Crippen molar-refractivity contribution in [1.29, 1.82) is 0 Å². The van der Waals surface area contributed by atoms with Crippen molar-refractivity contribution in [1.82, 2.24) is 4.90 Å². The molecule has 0 aromatic rings. The molecule has 0 aromatic carbocycles. The lowest BCUT2D eigenvalue weighted by atomic mass is 9.65. The summed E-state index contributed by atoms with van der Waals surface area (Å²) < 4.78 is 6.34. The van der Waals surface area contributed by atoms with E-state index in [9.17, 15) is 0 Å². The van der Waals surface area contributed by atoms with Gasteiger partial charge in [-0.3, -0.25) is 0 Å². The van der Waals surface area contributed by atoms with Gasteiger partial charge in [-0.05, 0) is 69.4 Å². The van der Waals surface area contributed by atoms with E-state index in [1.165, 1.54) is 51.5 Å². The number of hydrogen-bond acceptors (Lipinski definition) is 2. The molecule has 0 amide bonds. The van der Waals surface area contributed by atoms with Crippen LogP contribution in [-0.2, 0) is 4.74 Å². The zero-order valence-corrected chi connectivity index (χ0v) is 15.4. The monoisotopic (exact) mass is 307 g/mol. The topological polar surface area (TPSA) is 12.5 Å². The van der Waals surface area contributed by atoms with Crippen molar-refractivity contribution in [3.63, 3.8) is 0 Å². The van der Waals surface area contributed by atoms with E-state index in [1.54, 1.807) is 0 Å². The summed E-state index contributed by atoms with van der Waals surface area (Å²) in [6, 6.07) is 0. The number of ether oxygens (including phenoxy) is 1. The lowest BCUT2D eigenvalue weighted by Gasteiger charge is -2.43. The Morgan fingerprint density at radius 1 is 1.32 bits per heavy atom. The van der Waals surface area contributed by atoms with Crippen molar-refractivity contribution in [3.8, 4) is 0 Å². The fourth-order valence-corrected chi connectivity index (χ4v) is 4.40. The highest BCUT2D eigenvalue weighted by Crippen LogP contribution is 2.49. The molecule has 1 saturated carbocycles. The summed E-state index contributed by atoms with van der Waals surface area (Å²) in [6.07, 6.45) is 11.2. The largest absolute Gasteiger partial charge is 0.375 e. The van der Waals surface area contributed by atoms with Gasteiger partial charge in [0.2, 0.25) is 0 Å². The van der Waals surface area contributed by atoms with Crippen LogP contribution in [0.25, 0.3) is 0 Å². The molecule has 1 saturated heterocycles. The molecule has 22 heavy (non-hydrogen) atoms. The average Bonchev–Trinajstić information content (AvgIpc) is 2.89. The predicted molar refractivity (Wildman–Crippen MR) is 95.1 cm³/mol. The van der Waals surface area contributed by atoms with Crippen molar-refractivity contribution in [2.24, 2.45) is 17.3 Å². The summed E-state index contributed by atoms with van der Waals surface area (Å²) in [5.41, 5.74) is 0.745. The van der Waals surface area contributed by atoms with Crippen molar-refractivity contribution >= 4 is 0 Å². The van der Waals surface area contributed by atoms with Crippen LogP contribution in [0.3, 0.4) is 0 Å². The summed E-state index contributed by atoms with van der Waals surface area (Å²) in [5.74, 6) is 1.66. The maximum Gasteiger partial charge on any atom is 0.0686 e. The van der Waals surface area contributed by atoms with Gasteiger partial charge in [0.05, 0.1) is 12.2 Å². The van der Waals surface area contributed by atoms with Crippen molar-refractivity contribution < 1.29 is 4.74 Å². The molecule has 1 heterocycles. The molecule has 128 valence electrons. The second kappa shape index (κ2) is 7.49. The van der Waals surface area contributed by atoms with Gasteiger partial charge in [-0.2, -0.15) is 0 Å². The molecule has 0 aromatic heterocycles. The lowest BCUT2D eigenvalue weighted by Crippen LogP contribution is -2.37. The number of hydrogen-bond donors (Lipinski definition) is 0. The van der Waals surface area contributed by atoms with Gasteiger partial charge in [0, 0.05) is 6.54 Å². The average molecular weight is 308 g/mol. The minimum absolute atomic E-state index is 0.238. The van der Waals surface area contributed by atoms with Gasteiger partial charge in [0.25, 0.3) is 0 Å². The molecule has 2 nitrogen and oxygen atoms in total. The molecule has 1 unspecified atom stereocenters. The van der Waals surface area contributed by atoms with E-state index in [0.717, 1.165) is 25.0 Å². The van der Waals surface area contributed by atoms with E-state index < -0.39 is 0 Å². The first kappa shape index (κ1) is 18.0. The smallest absolute Gasteiger partial charge is 0.0686 e. The quantitative estimate of drug-likeness (QED) is 0.621. The van der Waals surface area contributed by atoms with Crippen LogP contribution >= 0.6 is 0 Å². The number of nitrogens with zero attached hydrogens (tertiary/aromatic N) is 1. The second-order valence-electron chi connectivity index (χ2n) is 8.52. The molecule has 1 spiro atoms. The molecule has 1 aliphatic heterocycles. The molecule has 0 radical (unpaired) electrons. The normalized spacial score (nSPS) is 32.8. The Morgan fingerprint density at radius 2 is 2.00 bits per heavy atom. The SMILES string of the molecule is C=CCN(C)CCC1COC2(CCC(C(C)(C)CC)CC2)C1. The van der Waals surface area contributed by atoms with Crippen molar-refractivity contribution in [3.05, 3.63) is 12.7 Å². The Hall–Kier alpha value is -0.340. The summed E-state index contributed by atoms with van der Waals surface area (Å²) >= 11 is 0. The highest BCUT2D eigenvalue weighted by atomic mass is 16.5. The summed E-state index contributed by atoms with van der Waals surface area (Å²) in [4.78, 5) is 2.36. The van der Waals surface area contributed by atoms with Gasteiger partial charge in [0.15, 0.2) is 0 Å². The van der Waals surface area contributed by atoms with Crippen molar-refractivity contribution in [2.45, 2.75) is 71.3 Å². The van der Waals surface area contributed by atoms with Gasteiger partial charge in [-0.15, -0.1) is 6.58 Å². The molecule has 0 bridgehead atoms. The van der Waals surface area contributed by atoms with Crippen LogP contribution in [0.2, 0.25) is 0 Å². The Morgan fingerprint density at radius 3 is 2.59 bits per heavy atom. The minimum Gasteiger partial charge on any atom is -0.375 e. The van der Waals surface area contributed by atoms with Crippen LogP contribution in [0.4, 0.5) is 0 Å². The van der Waals surface area contributed by atoms with E-state index in [0.29, 0.717) is 5.41 Å². The Bertz CT molecular complexity index is 355. The third kappa shape index (κ3) is 4.35. The lowest BCUT2D eigenvalue weighted by molar-refractivity contribution is -0.0488.